The summed E-state index contributed by atoms with van der Waals surface area (Å²) in [5, 5.41) is 12.2. The van der Waals surface area contributed by atoms with Gasteiger partial charge in [-0.1, -0.05) is 6.07 Å². The predicted octanol–water partition coefficient (Wildman–Crippen LogP) is 2.56. The number of halogens is 1. The van der Waals surface area contributed by atoms with Crippen molar-refractivity contribution in [3.8, 4) is 6.07 Å². The van der Waals surface area contributed by atoms with Crippen LogP contribution in [0.2, 0.25) is 0 Å². The van der Waals surface area contributed by atoms with Gasteiger partial charge in [-0.05, 0) is 31.0 Å². The summed E-state index contributed by atoms with van der Waals surface area (Å²) < 4.78 is 18.4. The molecule has 1 aromatic carbocycles. The van der Waals surface area contributed by atoms with E-state index in [0.29, 0.717) is 12.3 Å². The summed E-state index contributed by atoms with van der Waals surface area (Å²) in [5.74, 6) is -0.122. The van der Waals surface area contributed by atoms with Crippen molar-refractivity contribution in [1.29, 1.82) is 5.26 Å². The van der Waals surface area contributed by atoms with Gasteiger partial charge in [0.05, 0.1) is 12.7 Å². The van der Waals surface area contributed by atoms with Gasteiger partial charge in [0, 0.05) is 18.2 Å². The molecule has 0 aromatic heterocycles. The van der Waals surface area contributed by atoms with Crippen LogP contribution in [0.1, 0.15) is 12.8 Å². The topological polar surface area (TPSA) is 45.0 Å². The molecule has 1 N–H and O–H groups in total. The van der Waals surface area contributed by atoms with Gasteiger partial charge in [-0.3, -0.25) is 0 Å². The minimum absolute atomic E-state index is 0.178. The molecule has 0 amide bonds. The molecule has 0 saturated carbocycles. The van der Waals surface area contributed by atoms with E-state index in [0.717, 1.165) is 19.4 Å². The van der Waals surface area contributed by atoms with Crippen LogP contribution in [0.25, 0.3) is 0 Å². The lowest BCUT2D eigenvalue weighted by atomic mass is 9.94. The second-order valence-electron chi connectivity index (χ2n) is 4.24. The number of nitriles is 1. The summed E-state index contributed by atoms with van der Waals surface area (Å²) in [6.45, 7) is 1.37. The zero-order valence-corrected chi connectivity index (χ0v) is 9.53. The minimum atomic E-state index is -0.322. The molecule has 4 heteroatoms. The van der Waals surface area contributed by atoms with Gasteiger partial charge < -0.3 is 10.1 Å². The normalized spacial score (nSPS) is 21.5. The molecule has 1 fully saturated rings. The number of nitrogens with one attached hydrogen (secondary N) is 1. The summed E-state index contributed by atoms with van der Waals surface area (Å²) in [6, 6.07) is 8.08. The lowest BCUT2D eigenvalue weighted by Crippen LogP contribution is -2.33. The van der Waals surface area contributed by atoms with E-state index in [1.807, 2.05) is 0 Å². The molecule has 1 aliphatic rings. The second-order valence-corrected chi connectivity index (χ2v) is 4.24. The first-order valence-electron chi connectivity index (χ1n) is 5.79. The third-order valence-electron chi connectivity index (χ3n) is 2.95. The molecule has 1 heterocycles. The zero-order chi connectivity index (χ0) is 12.1. The Kier molecular flexibility index (Phi) is 3.94. The summed E-state index contributed by atoms with van der Waals surface area (Å²) in [4.78, 5) is 0. The van der Waals surface area contributed by atoms with Crippen molar-refractivity contribution in [3.05, 3.63) is 30.1 Å². The average molecular weight is 234 g/mol. The van der Waals surface area contributed by atoms with Crippen molar-refractivity contribution in [3.63, 3.8) is 0 Å². The minimum Gasteiger partial charge on any atom is -0.381 e. The van der Waals surface area contributed by atoms with Gasteiger partial charge >= 0.3 is 0 Å². The maximum atomic E-state index is 13.0. The van der Waals surface area contributed by atoms with Gasteiger partial charge in [0.2, 0.25) is 0 Å². The highest BCUT2D eigenvalue weighted by molar-refractivity contribution is 5.45. The molecule has 2 unspecified atom stereocenters. The van der Waals surface area contributed by atoms with Crippen LogP contribution in [0.5, 0.6) is 0 Å². The lowest BCUT2D eigenvalue weighted by Gasteiger charge is -2.27. The van der Waals surface area contributed by atoms with Crippen LogP contribution < -0.4 is 5.32 Å². The van der Waals surface area contributed by atoms with Crippen molar-refractivity contribution in [2.45, 2.75) is 18.9 Å². The van der Waals surface area contributed by atoms with Gasteiger partial charge in [-0.2, -0.15) is 5.26 Å². The lowest BCUT2D eigenvalue weighted by molar-refractivity contribution is 0.0532. The average Bonchev–Trinajstić information content (AvgIpc) is 2.37. The van der Waals surface area contributed by atoms with E-state index in [2.05, 4.69) is 11.4 Å². The summed E-state index contributed by atoms with van der Waals surface area (Å²) >= 11 is 0. The van der Waals surface area contributed by atoms with E-state index < -0.39 is 0 Å². The molecule has 0 radical (unpaired) electrons. The van der Waals surface area contributed by atoms with Crippen molar-refractivity contribution in [2.24, 2.45) is 5.92 Å². The largest absolute Gasteiger partial charge is 0.381 e. The van der Waals surface area contributed by atoms with Crippen LogP contribution in [0.4, 0.5) is 10.1 Å². The monoisotopic (exact) mass is 234 g/mol. The number of hydrogen-bond donors (Lipinski definition) is 1. The van der Waals surface area contributed by atoms with E-state index >= 15 is 0 Å². The number of ether oxygens (including phenoxy) is 1. The van der Waals surface area contributed by atoms with Crippen LogP contribution in [-0.2, 0) is 4.74 Å². The highest BCUT2D eigenvalue weighted by Gasteiger charge is 2.23. The third kappa shape index (κ3) is 3.18. The van der Waals surface area contributed by atoms with Crippen LogP contribution in [0.15, 0.2) is 24.3 Å². The van der Waals surface area contributed by atoms with Crippen molar-refractivity contribution >= 4 is 5.69 Å². The molecule has 3 nitrogen and oxygen atoms in total. The highest BCUT2D eigenvalue weighted by Crippen LogP contribution is 2.21. The van der Waals surface area contributed by atoms with E-state index in [1.54, 1.807) is 12.1 Å². The molecule has 2 rings (SSSR count). The van der Waals surface area contributed by atoms with Crippen LogP contribution >= 0.6 is 0 Å². The van der Waals surface area contributed by atoms with Crippen molar-refractivity contribution in [2.75, 3.05) is 18.5 Å². The zero-order valence-electron chi connectivity index (χ0n) is 9.53. The molecule has 0 aliphatic carbocycles. The molecule has 2 atom stereocenters. The highest BCUT2D eigenvalue weighted by atomic mass is 19.1. The van der Waals surface area contributed by atoms with Crippen molar-refractivity contribution < 1.29 is 9.13 Å². The summed E-state index contributed by atoms with van der Waals surface area (Å²) in [7, 11) is 0. The number of rotatable bonds is 3. The van der Waals surface area contributed by atoms with Crippen molar-refractivity contribution in [1.82, 2.24) is 0 Å². The Labute approximate surface area is 100 Å². The molecule has 90 valence electrons. The quantitative estimate of drug-likeness (QED) is 0.874. The first-order chi connectivity index (χ1) is 8.29. The van der Waals surface area contributed by atoms with Crippen LogP contribution in [-0.4, -0.2) is 19.3 Å². The molecular formula is C13H15FN2O. The van der Waals surface area contributed by atoms with Gasteiger partial charge in [0.15, 0.2) is 0 Å². The Balaban J connectivity index is 2.02. The number of hydrogen-bond acceptors (Lipinski definition) is 3. The summed E-state index contributed by atoms with van der Waals surface area (Å²) in [5.41, 5.74) is 0.641. The molecule has 0 spiro atoms. The summed E-state index contributed by atoms with van der Waals surface area (Å²) in [6.07, 6.45) is 1.95. The van der Waals surface area contributed by atoms with E-state index in [4.69, 9.17) is 10.00 Å². The fourth-order valence-electron chi connectivity index (χ4n) is 2.04. The fraction of sp³-hybridized carbons (Fsp3) is 0.462. The van der Waals surface area contributed by atoms with E-state index in [-0.39, 0.29) is 17.8 Å². The predicted molar refractivity (Wildman–Crippen MR) is 63.0 cm³/mol. The van der Waals surface area contributed by atoms with Gasteiger partial charge in [-0.25, -0.2) is 4.39 Å². The number of anilines is 1. The van der Waals surface area contributed by atoms with Gasteiger partial charge in [0.25, 0.3) is 0 Å². The Morgan fingerprint density at radius 1 is 1.53 bits per heavy atom. The van der Waals surface area contributed by atoms with Gasteiger partial charge in [-0.15, -0.1) is 0 Å². The second kappa shape index (κ2) is 5.65. The smallest absolute Gasteiger partial charge is 0.125 e. The standard InChI is InChI=1S/C13H15FN2O/c14-11-4-1-5-12(7-11)16-13(8-15)10-3-2-6-17-9-10/h1,4-5,7,10,13,16H,2-3,6,9H2. The first kappa shape index (κ1) is 11.9. The Bertz CT molecular complexity index is 410. The molecule has 1 aliphatic heterocycles. The molecule has 1 aromatic rings. The number of benzene rings is 1. The first-order valence-corrected chi connectivity index (χ1v) is 5.79. The Morgan fingerprint density at radius 2 is 2.41 bits per heavy atom. The molecule has 0 bridgehead atoms. The van der Waals surface area contributed by atoms with Crippen LogP contribution in [0, 0.1) is 23.1 Å². The SMILES string of the molecule is N#CC(Nc1cccc(F)c1)C1CCCOC1. The maximum Gasteiger partial charge on any atom is 0.125 e. The van der Waals surface area contributed by atoms with E-state index in [9.17, 15) is 4.39 Å². The Hall–Kier alpha value is -1.60. The van der Waals surface area contributed by atoms with Crippen LogP contribution in [0.3, 0.4) is 0 Å². The molecular weight excluding hydrogens is 219 g/mol. The number of nitrogens with zero attached hydrogens (tertiary/aromatic N) is 1. The molecule has 1 saturated heterocycles. The van der Waals surface area contributed by atoms with Gasteiger partial charge in [0.1, 0.15) is 11.9 Å². The molecule has 17 heavy (non-hydrogen) atoms. The van der Waals surface area contributed by atoms with E-state index in [1.165, 1.54) is 12.1 Å². The Morgan fingerprint density at radius 3 is 3.06 bits per heavy atom. The fourth-order valence-corrected chi connectivity index (χ4v) is 2.04. The third-order valence-corrected chi connectivity index (χ3v) is 2.95. The maximum absolute atomic E-state index is 13.0.